The highest BCUT2D eigenvalue weighted by molar-refractivity contribution is 6.30. The second-order valence-corrected chi connectivity index (χ2v) is 12.5. The standard InChI is InChI=1S/C29H40ClF2N5O/c30-24-8-6-22(7-9-24)18-25(28(33)10-12-29(31,32)13-11-28)26(38)36-16-14-27(15-17-36,19-37-21-34-20-35-37)23-4-2-1-3-5-23/h6-9,20-21,23,25H,1-5,10-19,33H2/t25-/m0/s1. The van der Waals surface area contributed by atoms with E-state index in [2.05, 4.69) is 10.1 Å². The van der Waals surface area contributed by atoms with Gasteiger partial charge in [-0.3, -0.25) is 9.48 Å². The van der Waals surface area contributed by atoms with Gasteiger partial charge in [-0.05, 0) is 74.0 Å². The van der Waals surface area contributed by atoms with Crippen LogP contribution >= 0.6 is 11.6 Å². The molecule has 1 saturated heterocycles. The molecule has 0 bridgehead atoms. The predicted molar refractivity (Wildman–Crippen MR) is 144 cm³/mol. The number of carbonyl (C=O) groups excluding carboxylic acids is 1. The molecule has 2 aliphatic carbocycles. The van der Waals surface area contributed by atoms with E-state index < -0.39 is 17.4 Å². The Bertz CT molecular complexity index is 1050. The molecule has 208 valence electrons. The first-order valence-corrected chi connectivity index (χ1v) is 14.6. The fraction of sp³-hybridized carbons (Fsp3) is 0.690. The molecule has 1 amide bonds. The highest BCUT2D eigenvalue weighted by atomic mass is 35.5. The SMILES string of the molecule is NC1([C@@H](Cc2ccc(Cl)cc2)C(=O)N2CCC(Cn3cncn3)(C3CCCCC3)CC2)CCC(F)(F)CC1. The average Bonchev–Trinajstić information content (AvgIpc) is 3.44. The van der Waals surface area contributed by atoms with E-state index in [1.807, 2.05) is 21.7 Å². The molecule has 2 aromatic rings. The number of likely N-dealkylation sites (tertiary alicyclic amines) is 1. The van der Waals surface area contributed by atoms with Gasteiger partial charge >= 0.3 is 0 Å². The van der Waals surface area contributed by atoms with E-state index in [-0.39, 0.29) is 37.0 Å². The minimum absolute atomic E-state index is 0.00525. The van der Waals surface area contributed by atoms with Crippen LogP contribution in [-0.2, 0) is 17.8 Å². The van der Waals surface area contributed by atoms with Crippen molar-refractivity contribution in [1.29, 1.82) is 0 Å². The molecule has 6 nitrogen and oxygen atoms in total. The summed E-state index contributed by atoms with van der Waals surface area (Å²) in [5.41, 5.74) is 6.94. The van der Waals surface area contributed by atoms with E-state index in [0.29, 0.717) is 30.5 Å². The van der Waals surface area contributed by atoms with Gasteiger partial charge in [0.15, 0.2) is 0 Å². The molecule has 2 N–H and O–H groups in total. The number of nitrogens with zero attached hydrogens (tertiary/aromatic N) is 4. The zero-order chi connectivity index (χ0) is 26.8. The van der Waals surface area contributed by atoms with Gasteiger partial charge in [-0.15, -0.1) is 0 Å². The Morgan fingerprint density at radius 3 is 2.29 bits per heavy atom. The third-order valence-electron chi connectivity index (χ3n) is 9.74. The summed E-state index contributed by atoms with van der Waals surface area (Å²) in [6.45, 7) is 2.14. The lowest BCUT2D eigenvalue weighted by Crippen LogP contribution is -2.59. The second-order valence-electron chi connectivity index (χ2n) is 12.1. The smallest absolute Gasteiger partial charge is 0.248 e. The van der Waals surface area contributed by atoms with Crippen molar-refractivity contribution in [3.05, 3.63) is 47.5 Å². The van der Waals surface area contributed by atoms with Gasteiger partial charge in [0.25, 0.3) is 0 Å². The van der Waals surface area contributed by atoms with E-state index in [0.717, 1.165) is 24.9 Å². The van der Waals surface area contributed by atoms with Crippen molar-refractivity contribution >= 4 is 17.5 Å². The largest absolute Gasteiger partial charge is 0.342 e. The lowest BCUT2D eigenvalue weighted by molar-refractivity contribution is -0.144. The van der Waals surface area contributed by atoms with Crippen molar-refractivity contribution in [2.24, 2.45) is 23.0 Å². The van der Waals surface area contributed by atoms with Crippen LogP contribution in [0.25, 0.3) is 0 Å². The van der Waals surface area contributed by atoms with Gasteiger partial charge < -0.3 is 10.6 Å². The molecule has 1 atom stereocenters. The van der Waals surface area contributed by atoms with E-state index >= 15 is 0 Å². The third-order valence-corrected chi connectivity index (χ3v) is 10.00. The molecular formula is C29H40ClF2N5O. The zero-order valence-electron chi connectivity index (χ0n) is 22.1. The minimum Gasteiger partial charge on any atom is -0.342 e. The number of piperidine rings is 1. The van der Waals surface area contributed by atoms with Gasteiger partial charge in [0, 0.05) is 43.0 Å². The molecule has 3 fully saturated rings. The Hall–Kier alpha value is -2.06. The highest BCUT2D eigenvalue weighted by Gasteiger charge is 2.50. The molecule has 5 rings (SSSR count). The van der Waals surface area contributed by atoms with Crippen LogP contribution < -0.4 is 5.73 Å². The number of aromatic nitrogens is 3. The van der Waals surface area contributed by atoms with Crippen LogP contribution in [0.2, 0.25) is 5.02 Å². The summed E-state index contributed by atoms with van der Waals surface area (Å²) in [6, 6.07) is 7.43. The van der Waals surface area contributed by atoms with Crippen LogP contribution in [0.1, 0.15) is 76.2 Å². The molecule has 3 aliphatic rings. The summed E-state index contributed by atoms with van der Waals surface area (Å²) in [5.74, 6) is -2.63. The Kier molecular flexibility index (Phi) is 8.11. The van der Waals surface area contributed by atoms with Gasteiger partial charge in [-0.1, -0.05) is 43.0 Å². The number of hydrogen-bond donors (Lipinski definition) is 1. The van der Waals surface area contributed by atoms with Crippen LogP contribution in [0, 0.1) is 17.3 Å². The van der Waals surface area contributed by atoms with Gasteiger partial charge in [-0.25, -0.2) is 13.8 Å². The van der Waals surface area contributed by atoms with Gasteiger partial charge in [0.2, 0.25) is 11.8 Å². The summed E-state index contributed by atoms with van der Waals surface area (Å²) in [6.07, 6.45) is 11.7. The maximum atomic E-state index is 14.1. The molecule has 9 heteroatoms. The van der Waals surface area contributed by atoms with Gasteiger partial charge in [-0.2, -0.15) is 5.10 Å². The molecule has 0 radical (unpaired) electrons. The highest BCUT2D eigenvalue weighted by Crippen LogP contribution is 2.48. The summed E-state index contributed by atoms with van der Waals surface area (Å²) in [4.78, 5) is 20.3. The fourth-order valence-electron chi connectivity index (χ4n) is 7.26. The van der Waals surface area contributed by atoms with Crippen LogP contribution in [0.3, 0.4) is 0 Å². The van der Waals surface area contributed by atoms with E-state index in [1.54, 1.807) is 24.8 Å². The maximum absolute atomic E-state index is 14.1. The quantitative estimate of drug-likeness (QED) is 0.469. The van der Waals surface area contributed by atoms with Crippen LogP contribution in [-0.4, -0.2) is 50.1 Å². The number of halogens is 3. The van der Waals surface area contributed by atoms with Gasteiger partial charge in [0.1, 0.15) is 12.7 Å². The zero-order valence-corrected chi connectivity index (χ0v) is 22.9. The van der Waals surface area contributed by atoms with E-state index in [1.165, 1.54) is 32.1 Å². The Morgan fingerprint density at radius 2 is 1.68 bits per heavy atom. The number of rotatable bonds is 7. The topological polar surface area (TPSA) is 77.0 Å². The molecule has 2 saturated carbocycles. The fourth-order valence-corrected chi connectivity index (χ4v) is 7.39. The number of nitrogens with two attached hydrogens (primary N) is 1. The van der Waals surface area contributed by atoms with E-state index in [9.17, 15) is 13.6 Å². The molecule has 0 spiro atoms. The summed E-state index contributed by atoms with van der Waals surface area (Å²) in [7, 11) is 0. The van der Waals surface area contributed by atoms with Crippen LogP contribution in [0.5, 0.6) is 0 Å². The second kappa shape index (κ2) is 11.2. The first-order valence-electron chi connectivity index (χ1n) is 14.2. The normalized spacial score (nSPS) is 24.2. The molecule has 1 aromatic heterocycles. The number of alkyl halides is 2. The molecule has 2 heterocycles. The number of carbonyl (C=O) groups is 1. The predicted octanol–water partition coefficient (Wildman–Crippen LogP) is 5.89. The molecule has 1 aliphatic heterocycles. The Labute approximate surface area is 229 Å². The van der Waals surface area contributed by atoms with Crippen LogP contribution in [0.15, 0.2) is 36.9 Å². The molecular weight excluding hydrogens is 508 g/mol. The van der Waals surface area contributed by atoms with Crippen molar-refractivity contribution in [2.45, 2.75) is 95.1 Å². The molecule has 0 unspecified atom stereocenters. The monoisotopic (exact) mass is 547 g/mol. The number of amides is 1. The third kappa shape index (κ3) is 6.06. The number of benzene rings is 1. The Balaban J connectivity index is 1.34. The molecule has 38 heavy (non-hydrogen) atoms. The first kappa shape index (κ1) is 27.5. The van der Waals surface area contributed by atoms with Crippen molar-refractivity contribution in [1.82, 2.24) is 19.7 Å². The summed E-state index contributed by atoms with van der Waals surface area (Å²) < 4.78 is 30.1. The lowest BCUT2D eigenvalue weighted by Gasteiger charge is -2.49. The van der Waals surface area contributed by atoms with Gasteiger partial charge in [0.05, 0.1) is 5.92 Å². The summed E-state index contributed by atoms with van der Waals surface area (Å²) in [5, 5.41) is 5.03. The minimum atomic E-state index is -2.71. The van der Waals surface area contributed by atoms with E-state index in [4.69, 9.17) is 17.3 Å². The maximum Gasteiger partial charge on any atom is 0.248 e. The van der Waals surface area contributed by atoms with Crippen LogP contribution in [0.4, 0.5) is 8.78 Å². The molecule has 1 aromatic carbocycles. The Morgan fingerprint density at radius 1 is 1.03 bits per heavy atom. The average molecular weight is 548 g/mol. The van der Waals surface area contributed by atoms with Crippen molar-refractivity contribution < 1.29 is 13.6 Å². The van der Waals surface area contributed by atoms with Crippen molar-refractivity contribution in [3.63, 3.8) is 0 Å². The summed E-state index contributed by atoms with van der Waals surface area (Å²) >= 11 is 6.09. The first-order chi connectivity index (χ1) is 18.2. The number of hydrogen-bond acceptors (Lipinski definition) is 4. The van der Waals surface area contributed by atoms with Crippen molar-refractivity contribution in [3.8, 4) is 0 Å². The lowest BCUT2D eigenvalue weighted by atomic mass is 9.63. The van der Waals surface area contributed by atoms with Crippen molar-refractivity contribution in [2.75, 3.05) is 13.1 Å².